The minimum Gasteiger partial charge on any atom is -0.497 e. The molecule has 1 aromatic rings. The van der Waals surface area contributed by atoms with Crippen LogP contribution in [-0.4, -0.2) is 39.2 Å². The maximum atomic E-state index is 12.4. The molecule has 0 bridgehead atoms. The molecule has 0 spiro atoms. The molecular formula is C12H17NO4S. The Kier molecular flexibility index (Phi) is 3.89. The van der Waals surface area contributed by atoms with Gasteiger partial charge in [0.15, 0.2) is 0 Å². The average Bonchev–Trinajstić information content (AvgIpc) is 2.39. The molecule has 5 nitrogen and oxygen atoms in total. The molecule has 0 N–H and O–H groups in total. The molecule has 0 amide bonds. The zero-order chi connectivity index (χ0) is 13.2. The van der Waals surface area contributed by atoms with Gasteiger partial charge >= 0.3 is 0 Å². The zero-order valence-corrected chi connectivity index (χ0v) is 11.3. The number of ether oxygens (including phenoxy) is 2. The lowest BCUT2D eigenvalue weighted by atomic mass is 10.3. The second-order valence-electron chi connectivity index (χ2n) is 4.11. The molecule has 6 heteroatoms. The van der Waals surface area contributed by atoms with Crippen LogP contribution in [0.2, 0.25) is 0 Å². The summed E-state index contributed by atoms with van der Waals surface area (Å²) in [6, 6.07) is 6.38. The number of nitrogens with zero attached hydrogens (tertiary/aromatic N) is 1. The number of methoxy groups -OCH3 is 1. The Morgan fingerprint density at radius 1 is 1.33 bits per heavy atom. The van der Waals surface area contributed by atoms with Gasteiger partial charge in [0.2, 0.25) is 10.0 Å². The van der Waals surface area contributed by atoms with E-state index in [0.717, 1.165) is 6.42 Å². The van der Waals surface area contributed by atoms with Crippen molar-refractivity contribution in [3.05, 3.63) is 24.3 Å². The second kappa shape index (κ2) is 5.26. The third kappa shape index (κ3) is 2.50. The Bertz CT molecular complexity index is 497. The van der Waals surface area contributed by atoms with Crippen LogP contribution in [0.5, 0.6) is 5.75 Å². The van der Waals surface area contributed by atoms with E-state index >= 15 is 0 Å². The third-order valence-corrected chi connectivity index (χ3v) is 4.92. The van der Waals surface area contributed by atoms with Crippen LogP contribution < -0.4 is 4.74 Å². The van der Waals surface area contributed by atoms with E-state index < -0.39 is 16.3 Å². The third-order valence-electron chi connectivity index (χ3n) is 2.95. The maximum Gasteiger partial charge on any atom is 0.245 e. The first-order valence-corrected chi connectivity index (χ1v) is 7.27. The highest BCUT2D eigenvalue weighted by Crippen LogP contribution is 2.23. The minimum absolute atomic E-state index is 0.264. The van der Waals surface area contributed by atoms with Crippen LogP contribution in [0, 0.1) is 0 Å². The molecule has 1 unspecified atom stereocenters. The molecule has 1 fully saturated rings. The van der Waals surface area contributed by atoms with Crippen LogP contribution in [-0.2, 0) is 14.8 Å². The normalized spacial score (nSPS) is 21.8. The van der Waals surface area contributed by atoms with Gasteiger partial charge in [-0.15, -0.1) is 0 Å². The number of rotatable bonds is 3. The van der Waals surface area contributed by atoms with E-state index in [1.165, 1.54) is 4.31 Å². The summed E-state index contributed by atoms with van der Waals surface area (Å²) in [4.78, 5) is 0.264. The summed E-state index contributed by atoms with van der Waals surface area (Å²) >= 11 is 0. The summed E-state index contributed by atoms with van der Waals surface area (Å²) in [6.45, 7) is 2.85. The molecule has 1 atom stereocenters. The second-order valence-corrected chi connectivity index (χ2v) is 6.01. The van der Waals surface area contributed by atoms with E-state index in [1.54, 1.807) is 38.3 Å². The molecule has 1 aromatic carbocycles. The van der Waals surface area contributed by atoms with Crippen molar-refractivity contribution in [2.75, 3.05) is 20.3 Å². The highest BCUT2D eigenvalue weighted by molar-refractivity contribution is 7.89. The van der Waals surface area contributed by atoms with Crippen LogP contribution in [0.1, 0.15) is 13.3 Å². The molecule has 100 valence electrons. The average molecular weight is 271 g/mol. The lowest BCUT2D eigenvalue weighted by Gasteiger charge is -2.32. The van der Waals surface area contributed by atoms with Gasteiger partial charge in [0.05, 0.1) is 12.0 Å². The summed E-state index contributed by atoms with van der Waals surface area (Å²) < 4.78 is 36.6. The van der Waals surface area contributed by atoms with E-state index in [1.807, 2.05) is 0 Å². The van der Waals surface area contributed by atoms with Crippen molar-refractivity contribution in [2.24, 2.45) is 0 Å². The van der Waals surface area contributed by atoms with Gasteiger partial charge < -0.3 is 9.47 Å². The van der Waals surface area contributed by atoms with Gasteiger partial charge in [-0.05, 0) is 37.6 Å². The first kappa shape index (κ1) is 13.3. The van der Waals surface area contributed by atoms with Gasteiger partial charge in [-0.1, -0.05) is 0 Å². The zero-order valence-electron chi connectivity index (χ0n) is 10.5. The molecule has 2 rings (SSSR count). The van der Waals surface area contributed by atoms with E-state index in [2.05, 4.69) is 0 Å². The van der Waals surface area contributed by atoms with Crippen LogP contribution in [0.25, 0.3) is 0 Å². The maximum absolute atomic E-state index is 12.4. The van der Waals surface area contributed by atoms with Gasteiger partial charge in [-0.2, -0.15) is 4.31 Å². The van der Waals surface area contributed by atoms with E-state index in [0.29, 0.717) is 18.9 Å². The van der Waals surface area contributed by atoms with Gasteiger partial charge in [-0.3, -0.25) is 0 Å². The van der Waals surface area contributed by atoms with Gasteiger partial charge in [0, 0.05) is 13.2 Å². The van der Waals surface area contributed by atoms with E-state index in [9.17, 15) is 8.42 Å². The Hall–Kier alpha value is -1.11. The predicted molar refractivity (Wildman–Crippen MR) is 66.9 cm³/mol. The van der Waals surface area contributed by atoms with Crippen molar-refractivity contribution < 1.29 is 17.9 Å². The van der Waals surface area contributed by atoms with E-state index in [4.69, 9.17) is 9.47 Å². The molecule has 18 heavy (non-hydrogen) atoms. The molecule has 0 radical (unpaired) electrons. The molecule has 1 heterocycles. The van der Waals surface area contributed by atoms with Crippen LogP contribution in [0.15, 0.2) is 29.2 Å². The molecule has 1 aliphatic rings. The van der Waals surface area contributed by atoms with Gasteiger partial charge in [0.25, 0.3) is 0 Å². The number of hydrogen-bond acceptors (Lipinski definition) is 4. The number of benzene rings is 1. The smallest absolute Gasteiger partial charge is 0.245 e. The molecule has 0 saturated carbocycles. The van der Waals surface area contributed by atoms with Crippen LogP contribution >= 0.6 is 0 Å². The number of hydrogen-bond donors (Lipinski definition) is 0. The Morgan fingerprint density at radius 3 is 2.56 bits per heavy atom. The predicted octanol–water partition coefficient (Wildman–Crippen LogP) is 1.45. The Morgan fingerprint density at radius 2 is 2.00 bits per heavy atom. The fourth-order valence-corrected chi connectivity index (χ4v) is 3.51. The lowest BCUT2D eigenvalue weighted by Crippen LogP contribution is -2.44. The van der Waals surface area contributed by atoms with Crippen LogP contribution in [0.3, 0.4) is 0 Å². The molecule has 0 aliphatic carbocycles. The Labute approximate surface area is 107 Å². The van der Waals surface area contributed by atoms with Crippen molar-refractivity contribution in [1.29, 1.82) is 0 Å². The van der Waals surface area contributed by atoms with Gasteiger partial charge in [-0.25, -0.2) is 8.42 Å². The SMILES string of the molecule is COc1ccc(S(=O)(=O)N2CCCOC2C)cc1. The fourth-order valence-electron chi connectivity index (χ4n) is 1.94. The van der Waals surface area contributed by atoms with Crippen molar-refractivity contribution in [3.63, 3.8) is 0 Å². The lowest BCUT2D eigenvalue weighted by molar-refractivity contribution is -0.0410. The summed E-state index contributed by atoms with van der Waals surface area (Å²) in [5, 5.41) is 0. The molecular weight excluding hydrogens is 254 g/mol. The van der Waals surface area contributed by atoms with Crippen molar-refractivity contribution >= 4 is 10.0 Å². The molecule has 0 aromatic heterocycles. The number of sulfonamides is 1. The van der Waals surface area contributed by atoms with E-state index in [-0.39, 0.29) is 4.90 Å². The summed E-state index contributed by atoms with van der Waals surface area (Å²) in [6.07, 6.45) is 0.311. The minimum atomic E-state index is -3.48. The van der Waals surface area contributed by atoms with Gasteiger partial charge in [0.1, 0.15) is 12.0 Å². The monoisotopic (exact) mass is 271 g/mol. The first-order valence-electron chi connectivity index (χ1n) is 5.83. The summed E-state index contributed by atoms with van der Waals surface area (Å²) in [5.41, 5.74) is 0. The highest BCUT2D eigenvalue weighted by Gasteiger charge is 2.31. The topological polar surface area (TPSA) is 55.8 Å². The highest BCUT2D eigenvalue weighted by atomic mass is 32.2. The van der Waals surface area contributed by atoms with Crippen molar-refractivity contribution in [3.8, 4) is 5.75 Å². The van der Waals surface area contributed by atoms with Crippen molar-refractivity contribution in [1.82, 2.24) is 4.31 Å². The fraction of sp³-hybridized carbons (Fsp3) is 0.500. The first-order chi connectivity index (χ1) is 8.55. The van der Waals surface area contributed by atoms with Crippen molar-refractivity contribution in [2.45, 2.75) is 24.5 Å². The molecule has 1 saturated heterocycles. The quantitative estimate of drug-likeness (QED) is 0.835. The molecule has 1 aliphatic heterocycles. The summed E-state index contributed by atoms with van der Waals surface area (Å²) in [7, 11) is -1.94. The largest absolute Gasteiger partial charge is 0.497 e. The Balaban J connectivity index is 2.28. The summed E-state index contributed by atoms with van der Waals surface area (Å²) in [5.74, 6) is 0.636. The van der Waals surface area contributed by atoms with Crippen LogP contribution in [0.4, 0.5) is 0 Å². The standard InChI is InChI=1S/C12H17NO4S/c1-10-13(8-3-9-17-10)18(14,15)12-6-4-11(16-2)5-7-12/h4-7,10H,3,8-9H2,1-2H3.